The Morgan fingerprint density at radius 1 is 1.38 bits per heavy atom. The lowest BCUT2D eigenvalue weighted by Crippen LogP contribution is -2.34. The minimum Gasteiger partial charge on any atom is -0.480 e. The number of nitrogens with one attached hydrogen (secondary N) is 1. The van der Waals surface area contributed by atoms with E-state index in [9.17, 15) is 18.0 Å². The number of hydrogen-bond donors (Lipinski definition) is 2. The lowest BCUT2D eigenvalue weighted by atomic mass is 10.0. The number of aliphatic carboxylic acids is 1. The molecule has 0 bridgehead atoms. The second-order valence-electron chi connectivity index (χ2n) is 4.78. The molecule has 2 N–H and O–H groups in total. The van der Waals surface area contributed by atoms with Gasteiger partial charge in [-0.2, -0.15) is 4.72 Å². The standard InChI is InChI=1S/C13H16N2O5S/c1-9(16)15-6-2-3-10-4-5-11(7-12(10)15)21(19,20)14-8-13(17)18/h4-5,7,14H,2-3,6,8H2,1H3,(H,17,18). The fourth-order valence-electron chi connectivity index (χ4n) is 2.29. The highest BCUT2D eigenvalue weighted by Crippen LogP contribution is 2.29. The first-order valence-electron chi connectivity index (χ1n) is 6.44. The normalized spacial score (nSPS) is 14.6. The number of benzene rings is 1. The molecule has 0 saturated heterocycles. The highest BCUT2D eigenvalue weighted by atomic mass is 32.2. The van der Waals surface area contributed by atoms with Gasteiger partial charge in [0.1, 0.15) is 6.54 Å². The Bertz CT molecular complexity index is 684. The Hall–Kier alpha value is -1.93. The van der Waals surface area contributed by atoms with Gasteiger partial charge < -0.3 is 10.0 Å². The fraction of sp³-hybridized carbons (Fsp3) is 0.385. The van der Waals surface area contributed by atoms with Crippen LogP contribution in [-0.2, 0) is 26.0 Å². The molecule has 0 radical (unpaired) electrons. The molecular formula is C13H16N2O5S. The fourth-order valence-corrected chi connectivity index (χ4v) is 3.28. The zero-order valence-electron chi connectivity index (χ0n) is 11.5. The maximum Gasteiger partial charge on any atom is 0.318 e. The van der Waals surface area contributed by atoms with E-state index < -0.39 is 22.5 Å². The van der Waals surface area contributed by atoms with Gasteiger partial charge in [-0.25, -0.2) is 8.42 Å². The molecule has 1 aliphatic rings. The van der Waals surface area contributed by atoms with Crippen LogP contribution in [0.4, 0.5) is 5.69 Å². The monoisotopic (exact) mass is 312 g/mol. The van der Waals surface area contributed by atoms with Crippen molar-refractivity contribution in [3.05, 3.63) is 23.8 Å². The van der Waals surface area contributed by atoms with Crippen LogP contribution in [0.1, 0.15) is 18.9 Å². The van der Waals surface area contributed by atoms with Crippen molar-refractivity contribution in [1.82, 2.24) is 4.72 Å². The lowest BCUT2D eigenvalue weighted by molar-refractivity contribution is -0.135. The molecule has 8 heteroatoms. The number of anilines is 1. The molecule has 0 fully saturated rings. The van der Waals surface area contributed by atoms with E-state index in [-0.39, 0.29) is 10.8 Å². The molecular weight excluding hydrogens is 296 g/mol. The number of sulfonamides is 1. The van der Waals surface area contributed by atoms with Crippen molar-refractivity contribution < 1.29 is 23.1 Å². The van der Waals surface area contributed by atoms with Gasteiger partial charge in [0.05, 0.1) is 4.90 Å². The summed E-state index contributed by atoms with van der Waals surface area (Å²) in [5, 5.41) is 8.55. The van der Waals surface area contributed by atoms with Gasteiger partial charge in [0.15, 0.2) is 0 Å². The van der Waals surface area contributed by atoms with Gasteiger partial charge in [-0.3, -0.25) is 9.59 Å². The predicted molar refractivity (Wildman–Crippen MR) is 75.6 cm³/mol. The first-order valence-corrected chi connectivity index (χ1v) is 7.92. The van der Waals surface area contributed by atoms with Crippen LogP contribution < -0.4 is 9.62 Å². The summed E-state index contributed by atoms with van der Waals surface area (Å²) in [4.78, 5) is 23.6. The molecule has 1 aromatic carbocycles. The maximum atomic E-state index is 12.0. The van der Waals surface area contributed by atoms with E-state index >= 15 is 0 Å². The summed E-state index contributed by atoms with van der Waals surface area (Å²) in [6, 6.07) is 4.51. The summed E-state index contributed by atoms with van der Waals surface area (Å²) >= 11 is 0. The summed E-state index contributed by atoms with van der Waals surface area (Å²) in [6.07, 6.45) is 1.61. The van der Waals surface area contributed by atoms with Crippen LogP contribution in [0.25, 0.3) is 0 Å². The summed E-state index contributed by atoms with van der Waals surface area (Å²) in [6.45, 7) is 1.29. The number of rotatable bonds is 4. The van der Waals surface area contributed by atoms with Crippen molar-refractivity contribution in [2.45, 2.75) is 24.7 Å². The largest absolute Gasteiger partial charge is 0.480 e. The summed E-state index contributed by atoms with van der Waals surface area (Å²) in [5.41, 5.74) is 1.49. The van der Waals surface area contributed by atoms with Crippen molar-refractivity contribution in [2.75, 3.05) is 18.0 Å². The Kier molecular flexibility index (Phi) is 4.29. The minimum atomic E-state index is -3.91. The van der Waals surface area contributed by atoms with E-state index in [0.717, 1.165) is 18.4 Å². The van der Waals surface area contributed by atoms with Gasteiger partial charge in [0.25, 0.3) is 0 Å². The van der Waals surface area contributed by atoms with Gasteiger partial charge in [0, 0.05) is 19.2 Å². The van der Waals surface area contributed by atoms with E-state index in [1.54, 1.807) is 6.07 Å². The van der Waals surface area contributed by atoms with Gasteiger partial charge in [-0.1, -0.05) is 6.07 Å². The molecule has 114 valence electrons. The van der Waals surface area contributed by atoms with E-state index in [1.807, 2.05) is 4.72 Å². The second-order valence-corrected chi connectivity index (χ2v) is 6.55. The minimum absolute atomic E-state index is 0.0457. The Morgan fingerprint density at radius 3 is 2.71 bits per heavy atom. The quantitative estimate of drug-likeness (QED) is 0.835. The number of carboxylic acid groups (broad SMARTS) is 1. The number of hydrogen-bond acceptors (Lipinski definition) is 4. The van der Waals surface area contributed by atoms with Crippen LogP contribution in [0.15, 0.2) is 23.1 Å². The van der Waals surface area contributed by atoms with Gasteiger partial charge in [-0.15, -0.1) is 0 Å². The van der Waals surface area contributed by atoms with Crippen molar-refractivity contribution >= 4 is 27.6 Å². The molecule has 21 heavy (non-hydrogen) atoms. The number of nitrogens with zero attached hydrogens (tertiary/aromatic N) is 1. The van der Waals surface area contributed by atoms with E-state index in [1.165, 1.54) is 24.0 Å². The summed E-state index contributed by atoms with van der Waals surface area (Å²) in [5.74, 6) is -1.41. The SMILES string of the molecule is CC(=O)N1CCCc2ccc(S(=O)(=O)NCC(=O)O)cc21. The third-order valence-corrected chi connectivity index (χ3v) is 4.68. The third-order valence-electron chi connectivity index (χ3n) is 3.28. The van der Waals surface area contributed by atoms with Crippen LogP contribution in [0.3, 0.4) is 0 Å². The van der Waals surface area contributed by atoms with E-state index in [2.05, 4.69) is 0 Å². The first kappa shape index (κ1) is 15.5. The number of amides is 1. The van der Waals surface area contributed by atoms with Crippen LogP contribution in [0, 0.1) is 0 Å². The van der Waals surface area contributed by atoms with Crippen molar-refractivity contribution in [3.63, 3.8) is 0 Å². The molecule has 1 aliphatic heterocycles. The molecule has 0 aliphatic carbocycles. The van der Waals surface area contributed by atoms with Crippen LogP contribution in [0.5, 0.6) is 0 Å². The highest BCUT2D eigenvalue weighted by Gasteiger charge is 2.23. The molecule has 0 saturated carbocycles. The van der Waals surface area contributed by atoms with Gasteiger partial charge in [-0.05, 0) is 30.5 Å². The summed E-state index contributed by atoms with van der Waals surface area (Å²) in [7, 11) is -3.91. The molecule has 0 spiro atoms. The number of fused-ring (bicyclic) bond motifs is 1. The molecule has 1 amide bonds. The van der Waals surface area contributed by atoms with E-state index in [4.69, 9.17) is 5.11 Å². The molecule has 7 nitrogen and oxygen atoms in total. The zero-order valence-corrected chi connectivity index (χ0v) is 12.3. The lowest BCUT2D eigenvalue weighted by Gasteiger charge is -2.29. The van der Waals surface area contributed by atoms with E-state index in [0.29, 0.717) is 12.2 Å². The second kappa shape index (κ2) is 5.82. The molecule has 0 aromatic heterocycles. The zero-order chi connectivity index (χ0) is 15.6. The van der Waals surface area contributed by atoms with Crippen LogP contribution >= 0.6 is 0 Å². The average Bonchev–Trinajstić information content (AvgIpc) is 2.43. The maximum absolute atomic E-state index is 12.0. The molecule has 0 unspecified atom stereocenters. The van der Waals surface area contributed by atoms with Crippen molar-refractivity contribution in [2.24, 2.45) is 0 Å². The van der Waals surface area contributed by atoms with Gasteiger partial charge in [0.2, 0.25) is 15.9 Å². The Balaban J connectivity index is 2.37. The smallest absolute Gasteiger partial charge is 0.318 e. The number of aryl methyl sites for hydroxylation is 1. The summed E-state index contributed by atoms with van der Waals surface area (Å²) < 4.78 is 26.0. The Labute approximate surface area is 122 Å². The number of carbonyl (C=O) groups is 2. The molecule has 1 aromatic rings. The molecule has 0 atom stereocenters. The van der Waals surface area contributed by atoms with Crippen molar-refractivity contribution in [3.8, 4) is 0 Å². The Morgan fingerprint density at radius 2 is 2.10 bits per heavy atom. The van der Waals surface area contributed by atoms with Gasteiger partial charge >= 0.3 is 5.97 Å². The molecule has 1 heterocycles. The highest BCUT2D eigenvalue weighted by molar-refractivity contribution is 7.89. The number of carboxylic acids is 1. The molecule has 2 rings (SSSR count). The average molecular weight is 312 g/mol. The van der Waals surface area contributed by atoms with Crippen LogP contribution in [-0.4, -0.2) is 38.5 Å². The topological polar surface area (TPSA) is 104 Å². The third kappa shape index (κ3) is 3.40. The van der Waals surface area contributed by atoms with Crippen LogP contribution in [0.2, 0.25) is 0 Å². The first-order chi connectivity index (χ1) is 9.81. The number of carbonyl (C=O) groups excluding carboxylic acids is 1. The van der Waals surface area contributed by atoms with Crippen molar-refractivity contribution in [1.29, 1.82) is 0 Å². The predicted octanol–water partition coefficient (Wildman–Crippen LogP) is 0.349.